The van der Waals surface area contributed by atoms with Crippen LogP contribution in [0.25, 0.3) is 0 Å². The molecule has 2 rings (SSSR count). The number of rotatable bonds is 2. The van der Waals surface area contributed by atoms with E-state index >= 15 is 0 Å². The van der Waals surface area contributed by atoms with Crippen LogP contribution in [0.5, 0.6) is 0 Å². The van der Waals surface area contributed by atoms with Crippen LogP contribution in [0.2, 0.25) is 0 Å². The van der Waals surface area contributed by atoms with Crippen LogP contribution in [0.1, 0.15) is 19.4 Å². The molecule has 1 aromatic heterocycles. The van der Waals surface area contributed by atoms with Gasteiger partial charge in [-0.15, -0.1) is 0 Å². The van der Waals surface area contributed by atoms with Gasteiger partial charge in [0.15, 0.2) is 0 Å². The summed E-state index contributed by atoms with van der Waals surface area (Å²) < 4.78 is 0. The Labute approximate surface area is 111 Å². The van der Waals surface area contributed by atoms with Crippen molar-refractivity contribution in [1.82, 2.24) is 10.3 Å². The molecular weight excluding hydrogens is 246 g/mol. The van der Waals surface area contributed by atoms with Gasteiger partial charge >= 0.3 is 5.69 Å². The topological polar surface area (TPSA) is 95.1 Å². The third-order valence-electron chi connectivity index (χ3n) is 3.26. The quantitative estimate of drug-likeness (QED) is 0.631. The highest BCUT2D eigenvalue weighted by atomic mass is 16.6. The summed E-state index contributed by atoms with van der Waals surface area (Å²) in [5.74, 6) is 0.274. The van der Waals surface area contributed by atoms with E-state index in [-0.39, 0.29) is 22.6 Å². The van der Waals surface area contributed by atoms with Crippen LogP contribution in [-0.2, 0) is 0 Å². The molecule has 0 amide bonds. The van der Waals surface area contributed by atoms with E-state index in [1.54, 1.807) is 0 Å². The second-order valence-corrected chi connectivity index (χ2v) is 5.04. The van der Waals surface area contributed by atoms with Crippen molar-refractivity contribution in [1.29, 1.82) is 5.26 Å². The number of nitriles is 1. The van der Waals surface area contributed by atoms with E-state index in [4.69, 9.17) is 5.26 Å². The Balaban J connectivity index is 2.56. The van der Waals surface area contributed by atoms with Crippen LogP contribution >= 0.6 is 0 Å². The molecule has 1 aliphatic heterocycles. The van der Waals surface area contributed by atoms with Gasteiger partial charge in [-0.2, -0.15) is 5.26 Å². The zero-order valence-corrected chi connectivity index (χ0v) is 10.9. The number of hydrogen-bond acceptors (Lipinski definition) is 6. The van der Waals surface area contributed by atoms with Gasteiger partial charge in [0.2, 0.25) is 5.82 Å². The van der Waals surface area contributed by atoms with Gasteiger partial charge in [-0.05, 0) is 19.9 Å². The molecule has 19 heavy (non-hydrogen) atoms. The van der Waals surface area contributed by atoms with Crippen LogP contribution in [-0.4, -0.2) is 35.1 Å². The maximum absolute atomic E-state index is 11.2. The third-order valence-corrected chi connectivity index (χ3v) is 3.26. The summed E-state index contributed by atoms with van der Waals surface area (Å²) >= 11 is 0. The van der Waals surface area contributed by atoms with Gasteiger partial charge in [-0.1, -0.05) is 0 Å². The number of anilines is 1. The number of nitrogens with one attached hydrogen (secondary N) is 1. The molecular formula is C12H15N5O2. The van der Waals surface area contributed by atoms with Gasteiger partial charge in [0, 0.05) is 31.4 Å². The highest BCUT2D eigenvalue weighted by Gasteiger charge is 2.36. The molecule has 2 heterocycles. The molecule has 0 radical (unpaired) electrons. The normalized spacial score (nSPS) is 17.8. The van der Waals surface area contributed by atoms with E-state index in [0.29, 0.717) is 13.1 Å². The Morgan fingerprint density at radius 1 is 1.63 bits per heavy atom. The molecule has 0 bridgehead atoms. The first-order valence-electron chi connectivity index (χ1n) is 5.99. The van der Waals surface area contributed by atoms with E-state index in [2.05, 4.69) is 10.3 Å². The number of pyridine rings is 1. The van der Waals surface area contributed by atoms with Gasteiger partial charge in [-0.25, -0.2) is 4.98 Å². The molecule has 0 aliphatic carbocycles. The Kier molecular flexibility index (Phi) is 3.36. The van der Waals surface area contributed by atoms with Crippen molar-refractivity contribution in [3.05, 3.63) is 27.9 Å². The van der Waals surface area contributed by atoms with Gasteiger partial charge in [0.1, 0.15) is 11.6 Å². The molecule has 7 heteroatoms. The van der Waals surface area contributed by atoms with Crippen molar-refractivity contribution in [2.24, 2.45) is 0 Å². The predicted molar refractivity (Wildman–Crippen MR) is 69.9 cm³/mol. The number of nitrogens with zero attached hydrogens (tertiary/aromatic N) is 4. The monoisotopic (exact) mass is 261 g/mol. The van der Waals surface area contributed by atoms with Gasteiger partial charge in [0.25, 0.3) is 0 Å². The molecule has 1 saturated heterocycles. The fourth-order valence-electron chi connectivity index (χ4n) is 2.29. The van der Waals surface area contributed by atoms with Crippen LogP contribution in [0.4, 0.5) is 11.5 Å². The largest absolute Gasteiger partial charge is 0.343 e. The maximum Gasteiger partial charge on any atom is 0.329 e. The molecule has 0 atom stereocenters. The maximum atomic E-state index is 11.2. The van der Waals surface area contributed by atoms with Gasteiger partial charge < -0.3 is 10.2 Å². The number of piperazine rings is 1. The van der Waals surface area contributed by atoms with Gasteiger partial charge in [-0.3, -0.25) is 10.1 Å². The molecule has 1 aromatic rings. The summed E-state index contributed by atoms with van der Waals surface area (Å²) in [7, 11) is 0. The summed E-state index contributed by atoms with van der Waals surface area (Å²) in [6.07, 6.45) is 1.44. The van der Waals surface area contributed by atoms with Crippen molar-refractivity contribution >= 4 is 11.5 Å². The number of hydrogen-bond donors (Lipinski definition) is 1. The third kappa shape index (κ3) is 2.35. The smallest absolute Gasteiger partial charge is 0.329 e. The Bertz CT molecular complexity index is 550. The minimum atomic E-state index is -0.529. The van der Waals surface area contributed by atoms with Crippen LogP contribution in [0.3, 0.4) is 0 Å². The standard InChI is InChI=1S/C12H15N5O2/c1-12(2)8-14-5-6-16(12)11-10(17(18)19)9(7-13)3-4-15-11/h3-4,14H,5-6,8H2,1-2H3. The second kappa shape index (κ2) is 4.82. The lowest BCUT2D eigenvalue weighted by Crippen LogP contribution is -2.58. The second-order valence-electron chi connectivity index (χ2n) is 5.04. The fraction of sp³-hybridized carbons (Fsp3) is 0.500. The van der Waals surface area contributed by atoms with Crippen LogP contribution in [0, 0.1) is 21.4 Å². The predicted octanol–water partition coefficient (Wildman–Crippen LogP) is 1.05. The van der Waals surface area contributed by atoms with Crippen molar-refractivity contribution in [2.75, 3.05) is 24.5 Å². The first-order valence-corrected chi connectivity index (χ1v) is 5.99. The molecule has 100 valence electrons. The minimum absolute atomic E-state index is 0.0457. The molecule has 0 unspecified atom stereocenters. The summed E-state index contributed by atoms with van der Waals surface area (Å²) in [6.45, 7) is 6.05. The lowest BCUT2D eigenvalue weighted by Gasteiger charge is -2.43. The summed E-state index contributed by atoms with van der Waals surface area (Å²) in [4.78, 5) is 16.7. The van der Waals surface area contributed by atoms with Crippen molar-refractivity contribution in [3.8, 4) is 6.07 Å². The zero-order chi connectivity index (χ0) is 14.0. The average molecular weight is 261 g/mol. The van der Waals surface area contributed by atoms with Crippen molar-refractivity contribution in [2.45, 2.75) is 19.4 Å². The molecule has 0 aromatic carbocycles. The van der Waals surface area contributed by atoms with Crippen molar-refractivity contribution in [3.63, 3.8) is 0 Å². The summed E-state index contributed by atoms with van der Waals surface area (Å²) in [5, 5.41) is 23.5. The summed E-state index contributed by atoms with van der Waals surface area (Å²) in [5.41, 5.74) is -0.450. The minimum Gasteiger partial charge on any atom is -0.343 e. The molecule has 1 aliphatic rings. The van der Waals surface area contributed by atoms with E-state index in [9.17, 15) is 10.1 Å². The Morgan fingerprint density at radius 3 is 2.95 bits per heavy atom. The van der Waals surface area contributed by atoms with Crippen LogP contribution in [0.15, 0.2) is 12.3 Å². The number of aromatic nitrogens is 1. The highest BCUT2D eigenvalue weighted by Crippen LogP contribution is 2.33. The lowest BCUT2D eigenvalue weighted by atomic mass is 9.99. The Morgan fingerprint density at radius 2 is 2.37 bits per heavy atom. The SMILES string of the molecule is CC1(C)CNCCN1c1nccc(C#N)c1[N+](=O)[O-]. The lowest BCUT2D eigenvalue weighted by molar-refractivity contribution is -0.384. The highest BCUT2D eigenvalue weighted by molar-refractivity contribution is 5.66. The van der Waals surface area contributed by atoms with Crippen LogP contribution < -0.4 is 10.2 Å². The molecule has 1 fully saturated rings. The van der Waals surface area contributed by atoms with Gasteiger partial charge in [0.05, 0.1) is 4.92 Å². The molecule has 0 spiro atoms. The first-order chi connectivity index (χ1) is 8.97. The van der Waals surface area contributed by atoms with E-state index < -0.39 is 4.92 Å². The molecule has 0 saturated carbocycles. The van der Waals surface area contributed by atoms with E-state index in [1.165, 1.54) is 12.3 Å². The van der Waals surface area contributed by atoms with Crippen molar-refractivity contribution < 1.29 is 4.92 Å². The average Bonchev–Trinajstić information content (AvgIpc) is 2.37. The van der Waals surface area contributed by atoms with E-state index in [0.717, 1.165) is 6.54 Å². The Hall–Kier alpha value is -2.20. The van der Waals surface area contributed by atoms with E-state index in [1.807, 2.05) is 24.8 Å². The first kappa shape index (κ1) is 13.2. The molecule has 7 nitrogen and oxygen atoms in total. The molecule has 1 N–H and O–H groups in total. The fourth-order valence-corrected chi connectivity index (χ4v) is 2.29. The zero-order valence-electron chi connectivity index (χ0n) is 10.9. The summed E-state index contributed by atoms with van der Waals surface area (Å²) in [6, 6.07) is 3.23. The number of nitro groups is 1.